The van der Waals surface area contributed by atoms with Crippen molar-refractivity contribution in [2.24, 2.45) is 5.92 Å². The maximum absolute atomic E-state index is 10.5. The summed E-state index contributed by atoms with van der Waals surface area (Å²) in [5, 5.41) is 11.7. The largest absolute Gasteiger partial charge is 0.480 e. The second kappa shape index (κ2) is 3.22. The van der Waals surface area contributed by atoms with Gasteiger partial charge in [0.25, 0.3) is 0 Å². The van der Waals surface area contributed by atoms with Crippen LogP contribution in [0.4, 0.5) is 0 Å². The molecular formula is C8H15NO2. The van der Waals surface area contributed by atoms with E-state index in [2.05, 4.69) is 12.2 Å². The molecule has 3 nitrogen and oxygen atoms in total. The normalized spacial score (nSPS) is 38.5. The Morgan fingerprint density at radius 3 is 2.55 bits per heavy atom. The van der Waals surface area contributed by atoms with Crippen molar-refractivity contribution < 1.29 is 9.90 Å². The molecule has 1 aliphatic heterocycles. The third kappa shape index (κ3) is 1.93. The van der Waals surface area contributed by atoms with Crippen molar-refractivity contribution in [2.45, 2.75) is 38.8 Å². The van der Waals surface area contributed by atoms with E-state index in [-0.39, 0.29) is 6.04 Å². The number of carboxylic acid groups (broad SMARTS) is 1. The highest BCUT2D eigenvalue weighted by molar-refractivity contribution is 5.73. The molecule has 0 bridgehead atoms. The lowest BCUT2D eigenvalue weighted by molar-refractivity contribution is -0.140. The zero-order chi connectivity index (χ0) is 8.43. The first-order valence-corrected chi connectivity index (χ1v) is 4.10. The molecule has 1 rings (SSSR count). The molecule has 11 heavy (non-hydrogen) atoms. The molecule has 1 heterocycles. The van der Waals surface area contributed by atoms with Gasteiger partial charge in [-0.05, 0) is 25.7 Å². The van der Waals surface area contributed by atoms with E-state index in [1.54, 1.807) is 0 Å². The van der Waals surface area contributed by atoms with Gasteiger partial charge >= 0.3 is 5.97 Å². The summed E-state index contributed by atoms with van der Waals surface area (Å²) in [5.74, 6) is -0.116. The van der Waals surface area contributed by atoms with E-state index < -0.39 is 5.97 Å². The van der Waals surface area contributed by atoms with Crippen molar-refractivity contribution in [3.63, 3.8) is 0 Å². The Bertz CT molecular complexity index is 158. The van der Waals surface area contributed by atoms with Crippen LogP contribution in [-0.4, -0.2) is 23.2 Å². The third-order valence-corrected chi connectivity index (χ3v) is 2.53. The van der Waals surface area contributed by atoms with Gasteiger partial charge in [-0.25, -0.2) is 0 Å². The summed E-state index contributed by atoms with van der Waals surface area (Å²) in [7, 11) is 0. The molecular weight excluding hydrogens is 142 g/mol. The van der Waals surface area contributed by atoms with Gasteiger partial charge in [-0.15, -0.1) is 0 Å². The number of aliphatic carboxylic acids is 1. The Labute approximate surface area is 66.8 Å². The Kier molecular flexibility index (Phi) is 2.49. The number of rotatable bonds is 1. The molecule has 0 aromatic carbocycles. The monoisotopic (exact) mass is 157 g/mol. The summed E-state index contributed by atoms with van der Waals surface area (Å²) < 4.78 is 0. The molecule has 64 valence electrons. The molecule has 0 aliphatic carbocycles. The Hall–Kier alpha value is -0.570. The predicted molar refractivity (Wildman–Crippen MR) is 42.4 cm³/mol. The van der Waals surface area contributed by atoms with Gasteiger partial charge in [0.2, 0.25) is 0 Å². The van der Waals surface area contributed by atoms with Crippen LogP contribution in [0, 0.1) is 5.92 Å². The van der Waals surface area contributed by atoms with Crippen molar-refractivity contribution in [3.05, 3.63) is 0 Å². The van der Waals surface area contributed by atoms with E-state index in [1.165, 1.54) is 0 Å². The minimum Gasteiger partial charge on any atom is -0.480 e. The number of carboxylic acids is 1. The second-order valence-corrected chi connectivity index (χ2v) is 3.40. The molecule has 0 amide bonds. The van der Waals surface area contributed by atoms with E-state index >= 15 is 0 Å². The van der Waals surface area contributed by atoms with E-state index in [4.69, 9.17) is 5.11 Å². The smallest absolute Gasteiger partial charge is 0.320 e. The van der Waals surface area contributed by atoms with Crippen LogP contribution >= 0.6 is 0 Å². The van der Waals surface area contributed by atoms with Crippen LogP contribution in [0.1, 0.15) is 26.7 Å². The highest BCUT2D eigenvalue weighted by Crippen LogP contribution is 2.18. The molecule has 0 radical (unpaired) electrons. The maximum Gasteiger partial charge on any atom is 0.320 e. The van der Waals surface area contributed by atoms with Crippen LogP contribution < -0.4 is 5.32 Å². The molecule has 1 aliphatic rings. The number of nitrogens with one attached hydrogen (secondary N) is 1. The first kappa shape index (κ1) is 8.53. The molecule has 3 atom stereocenters. The quantitative estimate of drug-likeness (QED) is 0.593. The fraction of sp³-hybridized carbons (Fsp3) is 0.875. The van der Waals surface area contributed by atoms with Gasteiger partial charge in [-0.2, -0.15) is 0 Å². The molecule has 1 saturated heterocycles. The zero-order valence-corrected chi connectivity index (χ0v) is 7.00. The molecule has 0 saturated carbocycles. The standard InChI is InChI=1S/C8H15NO2/c1-5-3-4-7(8(10)11)9-6(5)2/h5-7,9H,3-4H2,1-2H3,(H,10,11). The minimum absolute atomic E-state index is 0.318. The Morgan fingerprint density at radius 2 is 2.09 bits per heavy atom. The van der Waals surface area contributed by atoms with Crippen molar-refractivity contribution in [1.82, 2.24) is 5.32 Å². The van der Waals surface area contributed by atoms with E-state index in [0.717, 1.165) is 12.8 Å². The minimum atomic E-state index is -0.719. The summed E-state index contributed by atoms with van der Waals surface area (Å²) in [6.45, 7) is 4.19. The van der Waals surface area contributed by atoms with Gasteiger partial charge in [0.15, 0.2) is 0 Å². The number of hydrogen-bond donors (Lipinski definition) is 2. The van der Waals surface area contributed by atoms with E-state index in [9.17, 15) is 4.79 Å². The molecule has 1 fully saturated rings. The van der Waals surface area contributed by atoms with E-state index in [0.29, 0.717) is 12.0 Å². The predicted octanol–water partition coefficient (Wildman–Crippen LogP) is 0.848. The van der Waals surface area contributed by atoms with Gasteiger partial charge in [0, 0.05) is 6.04 Å². The molecule has 0 aromatic rings. The first-order valence-electron chi connectivity index (χ1n) is 4.10. The molecule has 0 spiro atoms. The SMILES string of the molecule is CC1CCC(C(=O)O)NC1C. The average Bonchev–Trinajstić information content (AvgIpc) is 1.94. The Balaban J connectivity index is 2.46. The van der Waals surface area contributed by atoms with Gasteiger partial charge in [0.05, 0.1) is 0 Å². The van der Waals surface area contributed by atoms with E-state index in [1.807, 2.05) is 6.92 Å². The molecule has 3 heteroatoms. The number of carbonyl (C=O) groups is 1. The average molecular weight is 157 g/mol. The maximum atomic E-state index is 10.5. The van der Waals surface area contributed by atoms with Crippen LogP contribution in [-0.2, 0) is 4.79 Å². The lowest BCUT2D eigenvalue weighted by Gasteiger charge is -2.31. The van der Waals surface area contributed by atoms with Gasteiger partial charge in [-0.1, -0.05) is 6.92 Å². The second-order valence-electron chi connectivity index (χ2n) is 3.40. The van der Waals surface area contributed by atoms with Gasteiger partial charge < -0.3 is 10.4 Å². The lowest BCUT2D eigenvalue weighted by Crippen LogP contribution is -2.48. The van der Waals surface area contributed by atoms with Gasteiger partial charge in [0.1, 0.15) is 6.04 Å². The van der Waals surface area contributed by atoms with Crippen LogP contribution in [0.2, 0.25) is 0 Å². The molecule has 0 aromatic heterocycles. The lowest BCUT2D eigenvalue weighted by atomic mass is 9.90. The highest BCUT2D eigenvalue weighted by Gasteiger charge is 2.27. The summed E-state index contributed by atoms with van der Waals surface area (Å²) in [6.07, 6.45) is 1.78. The number of hydrogen-bond acceptors (Lipinski definition) is 2. The van der Waals surface area contributed by atoms with Crippen LogP contribution in [0.25, 0.3) is 0 Å². The highest BCUT2D eigenvalue weighted by atomic mass is 16.4. The van der Waals surface area contributed by atoms with Crippen molar-refractivity contribution in [3.8, 4) is 0 Å². The van der Waals surface area contributed by atoms with Crippen LogP contribution in [0.3, 0.4) is 0 Å². The summed E-state index contributed by atoms with van der Waals surface area (Å²) in [5.41, 5.74) is 0. The topological polar surface area (TPSA) is 49.3 Å². The fourth-order valence-corrected chi connectivity index (χ4v) is 1.44. The number of piperidine rings is 1. The molecule has 3 unspecified atom stereocenters. The molecule has 2 N–H and O–H groups in total. The van der Waals surface area contributed by atoms with Crippen molar-refractivity contribution in [1.29, 1.82) is 0 Å². The fourth-order valence-electron chi connectivity index (χ4n) is 1.44. The van der Waals surface area contributed by atoms with Crippen LogP contribution in [0.5, 0.6) is 0 Å². The summed E-state index contributed by atoms with van der Waals surface area (Å²) in [6, 6.07) is 0.0195. The van der Waals surface area contributed by atoms with Gasteiger partial charge in [-0.3, -0.25) is 4.79 Å². The van der Waals surface area contributed by atoms with Crippen molar-refractivity contribution >= 4 is 5.97 Å². The summed E-state index contributed by atoms with van der Waals surface area (Å²) >= 11 is 0. The Morgan fingerprint density at radius 1 is 1.45 bits per heavy atom. The van der Waals surface area contributed by atoms with Crippen molar-refractivity contribution in [2.75, 3.05) is 0 Å². The third-order valence-electron chi connectivity index (χ3n) is 2.53. The zero-order valence-electron chi connectivity index (χ0n) is 7.00. The summed E-state index contributed by atoms with van der Waals surface area (Å²) in [4.78, 5) is 10.5. The first-order chi connectivity index (χ1) is 5.11. The van der Waals surface area contributed by atoms with Crippen LogP contribution in [0.15, 0.2) is 0 Å².